The Balaban J connectivity index is 1.74. The quantitative estimate of drug-likeness (QED) is 0.337. The maximum Gasteiger partial charge on any atom is 0.331 e. The molecule has 0 radical (unpaired) electrons. The molecule has 182 valence electrons. The van der Waals surface area contributed by atoms with Gasteiger partial charge in [-0.25, -0.2) is 14.1 Å². The highest BCUT2D eigenvalue weighted by molar-refractivity contribution is 6.24. The Morgan fingerprint density at radius 1 is 0.944 bits per heavy atom. The van der Waals surface area contributed by atoms with E-state index in [0.29, 0.717) is 11.1 Å². The highest BCUT2D eigenvalue weighted by atomic mass is 19.1. The molecule has 2 amide bonds. The predicted molar refractivity (Wildman–Crippen MR) is 128 cm³/mol. The lowest BCUT2D eigenvalue weighted by Crippen LogP contribution is -2.53. The van der Waals surface area contributed by atoms with Crippen LogP contribution in [0.25, 0.3) is 0 Å². The van der Waals surface area contributed by atoms with Gasteiger partial charge in [0.1, 0.15) is 5.82 Å². The van der Waals surface area contributed by atoms with Crippen molar-refractivity contribution in [3.63, 3.8) is 0 Å². The first kappa shape index (κ1) is 23.6. The van der Waals surface area contributed by atoms with Crippen molar-refractivity contribution < 1.29 is 28.3 Å². The predicted octanol–water partition coefficient (Wildman–Crippen LogP) is 3.55. The number of ketones is 1. The minimum Gasteiger partial charge on any atom is -0.467 e. The summed E-state index contributed by atoms with van der Waals surface area (Å²) in [6, 6.07) is 19.7. The fourth-order valence-electron chi connectivity index (χ4n) is 5.45. The summed E-state index contributed by atoms with van der Waals surface area (Å²) in [5.41, 5.74) is -0.615. The standard InChI is InChI=1S/C28H23FN2O5/c1-16(32)17-9-8-12-19(15-17)31-25(33)22-23(26(31)34)28(27(35)36-2,18-10-4-3-5-11-18)30-24(22)20-13-6-7-14-21(20)29/h3-15,22-24,30H,1-2H3. The van der Waals surface area contributed by atoms with E-state index in [-0.39, 0.29) is 17.0 Å². The zero-order chi connectivity index (χ0) is 25.6. The number of rotatable bonds is 5. The number of imide groups is 1. The smallest absolute Gasteiger partial charge is 0.331 e. The van der Waals surface area contributed by atoms with Crippen LogP contribution in [0, 0.1) is 17.7 Å². The van der Waals surface area contributed by atoms with Crippen molar-refractivity contribution in [1.29, 1.82) is 0 Å². The van der Waals surface area contributed by atoms with Crippen molar-refractivity contribution >= 4 is 29.3 Å². The zero-order valence-corrected chi connectivity index (χ0v) is 19.6. The molecule has 2 saturated heterocycles. The van der Waals surface area contributed by atoms with Gasteiger partial charge in [0.2, 0.25) is 11.8 Å². The molecule has 2 heterocycles. The summed E-state index contributed by atoms with van der Waals surface area (Å²) in [5.74, 6) is -5.10. The first-order valence-corrected chi connectivity index (χ1v) is 11.5. The van der Waals surface area contributed by atoms with Crippen molar-refractivity contribution in [3.05, 3.63) is 101 Å². The second-order valence-corrected chi connectivity index (χ2v) is 8.93. The van der Waals surface area contributed by atoms with Gasteiger partial charge in [-0.15, -0.1) is 0 Å². The van der Waals surface area contributed by atoms with Crippen LogP contribution in [0.2, 0.25) is 0 Å². The molecule has 2 aliphatic heterocycles. The maximum atomic E-state index is 15.0. The molecule has 3 aromatic rings. The third-order valence-corrected chi connectivity index (χ3v) is 7.05. The molecular formula is C28H23FN2O5. The van der Waals surface area contributed by atoms with Crippen LogP contribution in [0.1, 0.15) is 34.5 Å². The molecule has 0 aromatic heterocycles. The molecule has 3 aromatic carbocycles. The summed E-state index contributed by atoms with van der Waals surface area (Å²) < 4.78 is 20.2. The molecule has 2 aliphatic rings. The number of fused-ring (bicyclic) bond motifs is 1. The Morgan fingerprint density at radius 2 is 1.64 bits per heavy atom. The molecule has 4 atom stereocenters. The third-order valence-electron chi connectivity index (χ3n) is 7.05. The van der Waals surface area contributed by atoms with Crippen LogP contribution in [0.4, 0.5) is 10.1 Å². The molecule has 8 heteroatoms. The van der Waals surface area contributed by atoms with Crippen LogP contribution >= 0.6 is 0 Å². The molecular weight excluding hydrogens is 463 g/mol. The number of methoxy groups -OCH3 is 1. The van der Waals surface area contributed by atoms with E-state index in [1.807, 2.05) is 0 Å². The van der Waals surface area contributed by atoms with Gasteiger partial charge in [0.25, 0.3) is 0 Å². The van der Waals surface area contributed by atoms with Crippen LogP contribution in [-0.4, -0.2) is 30.7 Å². The summed E-state index contributed by atoms with van der Waals surface area (Å²) in [6.45, 7) is 1.39. The summed E-state index contributed by atoms with van der Waals surface area (Å²) in [5, 5.41) is 3.16. The molecule has 0 aliphatic carbocycles. The van der Waals surface area contributed by atoms with Crippen molar-refractivity contribution in [1.82, 2.24) is 5.32 Å². The van der Waals surface area contributed by atoms with E-state index in [0.717, 1.165) is 4.90 Å². The minimum atomic E-state index is -1.74. The maximum absolute atomic E-state index is 15.0. The average Bonchev–Trinajstić information content (AvgIpc) is 3.38. The molecule has 36 heavy (non-hydrogen) atoms. The van der Waals surface area contributed by atoms with E-state index in [9.17, 15) is 19.2 Å². The number of nitrogens with zero attached hydrogens (tertiary/aromatic N) is 1. The lowest BCUT2D eigenvalue weighted by Gasteiger charge is -2.33. The number of carbonyl (C=O) groups excluding carboxylic acids is 4. The van der Waals surface area contributed by atoms with E-state index < -0.39 is 47.0 Å². The Labute approximate surface area is 206 Å². The van der Waals surface area contributed by atoms with Crippen LogP contribution in [0.15, 0.2) is 78.9 Å². The molecule has 5 rings (SSSR count). The van der Waals surface area contributed by atoms with Gasteiger partial charge < -0.3 is 4.74 Å². The molecule has 4 unspecified atom stereocenters. The van der Waals surface area contributed by atoms with Gasteiger partial charge in [-0.1, -0.05) is 60.7 Å². The number of esters is 1. The van der Waals surface area contributed by atoms with Gasteiger partial charge in [-0.05, 0) is 30.7 Å². The number of carbonyl (C=O) groups is 4. The fourth-order valence-corrected chi connectivity index (χ4v) is 5.45. The summed E-state index contributed by atoms with van der Waals surface area (Å²) in [4.78, 5) is 54.4. The van der Waals surface area contributed by atoms with Gasteiger partial charge in [0.15, 0.2) is 11.3 Å². The van der Waals surface area contributed by atoms with Crippen molar-refractivity contribution in [3.8, 4) is 0 Å². The van der Waals surface area contributed by atoms with Gasteiger partial charge in [-0.2, -0.15) is 0 Å². The third kappa shape index (κ3) is 3.37. The van der Waals surface area contributed by atoms with E-state index in [1.54, 1.807) is 54.6 Å². The van der Waals surface area contributed by atoms with Crippen molar-refractivity contribution in [2.24, 2.45) is 11.8 Å². The van der Waals surface area contributed by atoms with Crippen LogP contribution in [0.5, 0.6) is 0 Å². The average molecular weight is 486 g/mol. The van der Waals surface area contributed by atoms with E-state index in [1.165, 1.54) is 38.3 Å². The lowest BCUT2D eigenvalue weighted by atomic mass is 9.75. The van der Waals surface area contributed by atoms with Gasteiger partial charge in [0, 0.05) is 17.2 Å². The second kappa shape index (κ2) is 8.80. The van der Waals surface area contributed by atoms with E-state index in [4.69, 9.17) is 4.74 Å². The number of hydrogen-bond acceptors (Lipinski definition) is 6. The van der Waals surface area contributed by atoms with Gasteiger partial charge in [0.05, 0.1) is 24.6 Å². The minimum absolute atomic E-state index is 0.162. The van der Waals surface area contributed by atoms with E-state index in [2.05, 4.69) is 5.32 Å². The van der Waals surface area contributed by atoms with E-state index >= 15 is 4.39 Å². The Morgan fingerprint density at radius 3 is 2.31 bits per heavy atom. The Bertz CT molecular complexity index is 1390. The fraction of sp³-hybridized carbons (Fsp3) is 0.214. The molecule has 2 fully saturated rings. The van der Waals surface area contributed by atoms with Gasteiger partial charge in [-0.3, -0.25) is 19.7 Å². The number of amides is 2. The Hall–Kier alpha value is -4.17. The number of nitrogens with one attached hydrogen (secondary N) is 1. The van der Waals surface area contributed by atoms with Crippen LogP contribution < -0.4 is 10.2 Å². The molecule has 0 saturated carbocycles. The van der Waals surface area contributed by atoms with Crippen LogP contribution in [-0.2, 0) is 24.7 Å². The lowest BCUT2D eigenvalue weighted by molar-refractivity contribution is -0.152. The first-order chi connectivity index (χ1) is 17.3. The normalized spacial score (nSPS) is 25.1. The van der Waals surface area contributed by atoms with Gasteiger partial charge >= 0.3 is 5.97 Å². The SMILES string of the molecule is COC(=O)C1(c2ccccc2)NC(c2ccccc2F)C2C(=O)N(c3cccc(C(C)=O)c3)C(=O)C21. The monoisotopic (exact) mass is 486 g/mol. The molecule has 1 N–H and O–H groups in total. The number of halogens is 1. The number of hydrogen-bond donors (Lipinski definition) is 1. The highest BCUT2D eigenvalue weighted by Crippen LogP contribution is 2.54. The largest absolute Gasteiger partial charge is 0.467 e. The summed E-state index contributed by atoms with van der Waals surface area (Å²) in [6.07, 6.45) is 0. The summed E-state index contributed by atoms with van der Waals surface area (Å²) >= 11 is 0. The number of Topliss-reactive ketones (excluding diaryl/α,β-unsaturated/α-hetero) is 1. The second-order valence-electron chi connectivity index (χ2n) is 8.93. The number of anilines is 1. The number of ether oxygens (including phenoxy) is 1. The summed E-state index contributed by atoms with van der Waals surface area (Å²) in [7, 11) is 1.20. The van der Waals surface area contributed by atoms with Crippen LogP contribution in [0.3, 0.4) is 0 Å². The molecule has 0 bridgehead atoms. The number of benzene rings is 3. The molecule has 7 nitrogen and oxygen atoms in total. The highest BCUT2D eigenvalue weighted by Gasteiger charge is 2.70. The zero-order valence-electron chi connectivity index (χ0n) is 19.6. The molecule has 0 spiro atoms. The topological polar surface area (TPSA) is 92.8 Å². The van der Waals surface area contributed by atoms with Crippen molar-refractivity contribution in [2.45, 2.75) is 18.5 Å². The van der Waals surface area contributed by atoms with Crippen molar-refractivity contribution in [2.75, 3.05) is 12.0 Å². The Kier molecular flexibility index (Phi) is 5.76. The first-order valence-electron chi connectivity index (χ1n) is 11.5.